The lowest BCUT2D eigenvalue weighted by Crippen LogP contribution is -1.99. The van der Waals surface area contributed by atoms with E-state index in [2.05, 4.69) is 10.0 Å². The van der Waals surface area contributed by atoms with Gasteiger partial charge in [0.05, 0.1) is 12.6 Å². The van der Waals surface area contributed by atoms with E-state index in [1.165, 1.54) is 4.88 Å². The molecular weight excluding hydrogens is 186 g/mol. The maximum Gasteiger partial charge on any atom is 0.0867 e. The zero-order chi connectivity index (χ0) is 9.84. The number of aliphatic hydroxyl groups is 1. The van der Waals surface area contributed by atoms with Gasteiger partial charge in [-0.2, -0.15) is 0 Å². The molecule has 1 N–H and O–H groups in total. The Morgan fingerprint density at radius 3 is 2.77 bits per heavy atom. The number of azide groups is 1. The molecule has 1 aromatic heterocycles. The minimum Gasteiger partial charge on any atom is -0.396 e. The van der Waals surface area contributed by atoms with E-state index in [0.717, 1.165) is 10.4 Å². The molecule has 0 saturated carbocycles. The van der Waals surface area contributed by atoms with Crippen LogP contribution in [0, 0.1) is 13.8 Å². The first-order chi connectivity index (χ1) is 6.19. The Kier molecular flexibility index (Phi) is 3.31. The molecule has 1 atom stereocenters. The molecule has 5 heteroatoms. The van der Waals surface area contributed by atoms with Gasteiger partial charge in [-0.05, 0) is 31.0 Å². The van der Waals surface area contributed by atoms with E-state index in [1.54, 1.807) is 11.3 Å². The lowest BCUT2D eigenvalue weighted by Gasteiger charge is -2.05. The third kappa shape index (κ3) is 2.21. The smallest absolute Gasteiger partial charge is 0.0867 e. The largest absolute Gasteiger partial charge is 0.396 e. The van der Waals surface area contributed by atoms with Gasteiger partial charge in [0.25, 0.3) is 0 Å². The van der Waals surface area contributed by atoms with Crippen LogP contribution in [0.3, 0.4) is 0 Å². The average molecular weight is 197 g/mol. The third-order valence-corrected chi connectivity index (χ3v) is 2.78. The van der Waals surface area contributed by atoms with Crippen LogP contribution in [0.2, 0.25) is 0 Å². The highest BCUT2D eigenvalue weighted by Gasteiger charge is 2.12. The van der Waals surface area contributed by atoms with Gasteiger partial charge in [0.1, 0.15) is 0 Å². The minimum absolute atomic E-state index is 0.138. The van der Waals surface area contributed by atoms with Gasteiger partial charge in [-0.1, -0.05) is 5.11 Å². The molecule has 1 rings (SSSR count). The van der Waals surface area contributed by atoms with E-state index in [1.807, 2.05) is 19.9 Å². The Labute approximate surface area is 80.5 Å². The summed E-state index contributed by atoms with van der Waals surface area (Å²) in [7, 11) is 0. The van der Waals surface area contributed by atoms with Crippen molar-refractivity contribution >= 4 is 11.3 Å². The molecule has 0 bridgehead atoms. The molecule has 0 aliphatic heterocycles. The van der Waals surface area contributed by atoms with E-state index in [4.69, 9.17) is 10.6 Å². The first-order valence-electron chi connectivity index (χ1n) is 3.91. The summed E-state index contributed by atoms with van der Waals surface area (Å²) in [6.07, 6.45) is 0. The van der Waals surface area contributed by atoms with E-state index in [-0.39, 0.29) is 6.61 Å². The molecule has 13 heavy (non-hydrogen) atoms. The van der Waals surface area contributed by atoms with Crippen LogP contribution in [0.25, 0.3) is 10.4 Å². The van der Waals surface area contributed by atoms with Crippen molar-refractivity contribution < 1.29 is 5.11 Å². The van der Waals surface area contributed by atoms with Crippen molar-refractivity contribution in [1.29, 1.82) is 0 Å². The second kappa shape index (κ2) is 4.28. The molecule has 4 nitrogen and oxygen atoms in total. The van der Waals surface area contributed by atoms with Gasteiger partial charge in [-0.25, -0.2) is 0 Å². The zero-order valence-electron chi connectivity index (χ0n) is 7.56. The summed E-state index contributed by atoms with van der Waals surface area (Å²) in [6.45, 7) is 3.81. The molecule has 0 aliphatic rings. The molecule has 1 heterocycles. The number of rotatable bonds is 3. The third-order valence-electron chi connectivity index (χ3n) is 1.80. The first-order valence-corrected chi connectivity index (χ1v) is 4.72. The summed E-state index contributed by atoms with van der Waals surface area (Å²) < 4.78 is 0. The van der Waals surface area contributed by atoms with Crippen LogP contribution in [-0.4, -0.2) is 11.7 Å². The van der Waals surface area contributed by atoms with Crippen LogP contribution in [0.4, 0.5) is 0 Å². The monoisotopic (exact) mass is 197 g/mol. The number of hydrogen-bond donors (Lipinski definition) is 1. The van der Waals surface area contributed by atoms with Crippen LogP contribution < -0.4 is 0 Å². The SMILES string of the molecule is Cc1cc(C(CO)N=[N+]=[N-])c(C)s1. The molecular formula is C8H11N3OS. The van der Waals surface area contributed by atoms with Crippen LogP contribution in [-0.2, 0) is 0 Å². The van der Waals surface area contributed by atoms with E-state index < -0.39 is 6.04 Å². The van der Waals surface area contributed by atoms with Crippen molar-refractivity contribution in [2.24, 2.45) is 5.11 Å². The molecule has 0 aromatic carbocycles. The summed E-state index contributed by atoms with van der Waals surface area (Å²) in [5.74, 6) is 0. The van der Waals surface area contributed by atoms with Gasteiger partial charge in [-0.3, -0.25) is 0 Å². The predicted molar refractivity (Wildman–Crippen MR) is 52.8 cm³/mol. The molecule has 0 amide bonds. The van der Waals surface area contributed by atoms with Crippen molar-refractivity contribution in [3.05, 3.63) is 31.8 Å². The van der Waals surface area contributed by atoms with Crippen LogP contribution in [0.15, 0.2) is 11.2 Å². The fourth-order valence-corrected chi connectivity index (χ4v) is 2.22. The maximum absolute atomic E-state index is 8.98. The van der Waals surface area contributed by atoms with Crippen molar-refractivity contribution in [3.8, 4) is 0 Å². The highest BCUT2D eigenvalue weighted by atomic mass is 32.1. The van der Waals surface area contributed by atoms with Gasteiger partial charge < -0.3 is 5.11 Å². The second-order valence-electron chi connectivity index (χ2n) is 2.77. The van der Waals surface area contributed by atoms with E-state index >= 15 is 0 Å². The van der Waals surface area contributed by atoms with E-state index in [9.17, 15) is 0 Å². The quantitative estimate of drug-likeness (QED) is 0.451. The second-order valence-corrected chi connectivity index (χ2v) is 4.23. The van der Waals surface area contributed by atoms with Gasteiger partial charge in [0.15, 0.2) is 0 Å². The fraction of sp³-hybridized carbons (Fsp3) is 0.500. The standard InChI is InChI=1S/C8H11N3OS/c1-5-3-7(6(2)13-5)8(4-12)10-11-9/h3,8,12H,4H2,1-2H3. The van der Waals surface area contributed by atoms with Crippen molar-refractivity contribution in [3.63, 3.8) is 0 Å². The average Bonchev–Trinajstić information content (AvgIpc) is 2.41. The highest BCUT2D eigenvalue weighted by Crippen LogP contribution is 2.28. The number of aryl methyl sites for hydroxylation is 2. The maximum atomic E-state index is 8.98. The Hall–Kier alpha value is -1.03. The summed E-state index contributed by atoms with van der Waals surface area (Å²) in [5, 5.41) is 12.5. The van der Waals surface area contributed by atoms with Crippen LogP contribution >= 0.6 is 11.3 Å². The van der Waals surface area contributed by atoms with Crippen molar-refractivity contribution in [2.45, 2.75) is 19.9 Å². The Bertz CT molecular complexity index is 341. The van der Waals surface area contributed by atoms with Gasteiger partial charge in [-0.15, -0.1) is 11.3 Å². The normalized spacial score (nSPS) is 12.2. The molecule has 0 saturated heterocycles. The molecule has 70 valence electrons. The molecule has 0 aliphatic carbocycles. The number of aliphatic hydroxyl groups excluding tert-OH is 1. The summed E-state index contributed by atoms with van der Waals surface area (Å²) in [5.41, 5.74) is 9.21. The van der Waals surface area contributed by atoms with Crippen LogP contribution in [0.1, 0.15) is 21.4 Å². The topological polar surface area (TPSA) is 69.0 Å². The lowest BCUT2D eigenvalue weighted by atomic mass is 10.1. The van der Waals surface area contributed by atoms with E-state index in [0.29, 0.717) is 0 Å². The fourth-order valence-electron chi connectivity index (χ4n) is 1.24. The Morgan fingerprint density at radius 2 is 2.38 bits per heavy atom. The number of nitrogens with zero attached hydrogens (tertiary/aromatic N) is 3. The van der Waals surface area contributed by atoms with Gasteiger partial charge >= 0.3 is 0 Å². The van der Waals surface area contributed by atoms with Crippen molar-refractivity contribution in [2.75, 3.05) is 6.61 Å². The van der Waals surface area contributed by atoms with Gasteiger partial charge in [0, 0.05) is 14.7 Å². The molecule has 0 spiro atoms. The first kappa shape index (κ1) is 10.1. The molecule has 1 aromatic rings. The summed E-state index contributed by atoms with van der Waals surface area (Å²) in [4.78, 5) is 4.97. The minimum atomic E-state index is -0.435. The predicted octanol–water partition coefficient (Wildman–Crippen LogP) is 2.71. The van der Waals surface area contributed by atoms with Crippen molar-refractivity contribution in [1.82, 2.24) is 0 Å². The molecule has 1 unspecified atom stereocenters. The Morgan fingerprint density at radius 1 is 1.69 bits per heavy atom. The highest BCUT2D eigenvalue weighted by molar-refractivity contribution is 7.12. The van der Waals surface area contributed by atoms with Gasteiger partial charge in [0.2, 0.25) is 0 Å². The molecule has 0 radical (unpaired) electrons. The lowest BCUT2D eigenvalue weighted by molar-refractivity contribution is 0.268. The molecule has 0 fully saturated rings. The number of thiophene rings is 1. The number of hydrogen-bond acceptors (Lipinski definition) is 3. The zero-order valence-corrected chi connectivity index (χ0v) is 8.38. The Balaban J connectivity index is 3.03. The van der Waals surface area contributed by atoms with Crippen LogP contribution in [0.5, 0.6) is 0 Å². The summed E-state index contributed by atoms with van der Waals surface area (Å²) >= 11 is 1.64. The summed E-state index contributed by atoms with van der Waals surface area (Å²) in [6, 6.07) is 1.52.